The van der Waals surface area contributed by atoms with Crippen molar-refractivity contribution in [3.8, 4) is 0 Å². The van der Waals surface area contributed by atoms with Gasteiger partial charge in [-0.25, -0.2) is 13.1 Å². The standard InChI is InChI=1S/C9H11N3O3S2/c10-8(13)5-12-17(14,15)7-3-1-6(2-4-7)9(11)16/h1-4,12H,5H2,(H2,10,13)(H2,11,16). The molecule has 5 N–H and O–H groups in total. The molecule has 0 aromatic heterocycles. The third kappa shape index (κ3) is 3.77. The number of sulfonamides is 1. The number of carbonyl (C=O) groups is 1. The Morgan fingerprint density at radius 2 is 1.76 bits per heavy atom. The molecule has 0 saturated heterocycles. The van der Waals surface area contributed by atoms with E-state index in [1.54, 1.807) is 0 Å². The summed E-state index contributed by atoms with van der Waals surface area (Å²) in [6.07, 6.45) is 0. The van der Waals surface area contributed by atoms with E-state index in [1.807, 2.05) is 0 Å². The first-order valence-corrected chi connectivity index (χ1v) is 6.40. The van der Waals surface area contributed by atoms with Crippen molar-refractivity contribution in [1.29, 1.82) is 0 Å². The Bertz CT molecular complexity index is 537. The highest BCUT2D eigenvalue weighted by molar-refractivity contribution is 7.89. The van der Waals surface area contributed by atoms with Gasteiger partial charge in [0.1, 0.15) is 4.99 Å². The molecule has 0 unspecified atom stereocenters. The third-order valence-electron chi connectivity index (χ3n) is 1.89. The normalized spacial score (nSPS) is 11.1. The minimum atomic E-state index is -3.73. The summed E-state index contributed by atoms with van der Waals surface area (Å²) in [6.45, 7) is -0.445. The van der Waals surface area contributed by atoms with Crippen LogP contribution in [0.3, 0.4) is 0 Å². The van der Waals surface area contributed by atoms with Crippen LogP contribution >= 0.6 is 12.2 Å². The lowest BCUT2D eigenvalue weighted by molar-refractivity contribution is -0.116. The Labute approximate surface area is 104 Å². The van der Waals surface area contributed by atoms with Gasteiger partial charge in [-0.2, -0.15) is 0 Å². The SMILES string of the molecule is NC(=O)CNS(=O)(=O)c1ccc(C(N)=S)cc1. The molecule has 0 bridgehead atoms. The molecule has 0 aliphatic rings. The molecular formula is C9H11N3O3S2. The topological polar surface area (TPSA) is 115 Å². The fraction of sp³-hybridized carbons (Fsp3) is 0.111. The van der Waals surface area contributed by atoms with Crippen LogP contribution in [0.25, 0.3) is 0 Å². The molecule has 0 saturated carbocycles. The van der Waals surface area contributed by atoms with Crippen LogP contribution in [0.5, 0.6) is 0 Å². The average molecular weight is 273 g/mol. The average Bonchev–Trinajstić information content (AvgIpc) is 2.27. The van der Waals surface area contributed by atoms with Crippen molar-refractivity contribution in [1.82, 2.24) is 4.72 Å². The van der Waals surface area contributed by atoms with E-state index in [-0.39, 0.29) is 9.88 Å². The van der Waals surface area contributed by atoms with Crippen LogP contribution in [0.15, 0.2) is 29.2 Å². The molecular weight excluding hydrogens is 262 g/mol. The smallest absolute Gasteiger partial charge is 0.241 e. The number of hydrogen-bond donors (Lipinski definition) is 3. The van der Waals surface area contributed by atoms with Gasteiger partial charge < -0.3 is 11.5 Å². The molecule has 0 fully saturated rings. The maximum absolute atomic E-state index is 11.6. The van der Waals surface area contributed by atoms with E-state index in [9.17, 15) is 13.2 Å². The minimum Gasteiger partial charge on any atom is -0.389 e. The van der Waals surface area contributed by atoms with E-state index in [0.29, 0.717) is 5.56 Å². The van der Waals surface area contributed by atoms with Crippen LogP contribution < -0.4 is 16.2 Å². The summed E-state index contributed by atoms with van der Waals surface area (Å²) in [5, 5.41) is 0. The van der Waals surface area contributed by atoms with Gasteiger partial charge >= 0.3 is 0 Å². The molecule has 0 atom stereocenters. The summed E-state index contributed by atoms with van der Waals surface area (Å²) in [7, 11) is -3.73. The zero-order chi connectivity index (χ0) is 13.1. The molecule has 0 radical (unpaired) electrons. The molecule has 1 aromatic rings. The van der Waals surface area contributed by atoms with Crippen molar-refractivity contribution in [3.63, 3.8) is 0 Å². The Morgan fingerprint density at radius 1 is 1.24 bits per heavy atom. The number of carbonyl (C=O) groups excluding carboxylic acids is 1. The number of thiocarbonyl (C=S) groups is 1. The summed E-state index contributed by atoms with van der Waals surface area (Å²) in [6, 6.07) is 5.66. The van der Waals surface area contributed by atoms with Gasteiger partial charge in [0.25, 0.3) is 0 Å². The second kappa shape index (κ2) is 5.21. The van der Waals surface area contributed by atoms with Crippen molar-refractivity contribution in [3.05, 3.63) is 29.8 Å². The highest BCUT2D eigenvalue weighted by Gasteiger charge is 2.14. The molecule has 0 spiro atoms. The monoisotopic (exact) mass is 273 g/mol. The van der Waals surface area contributed by atoms with E-state index < -0.39 is 22.5 Å². The van der Waals surface area contributed by atoms with Crippen LogP contribution in [0, 0.1) is 0 Å². The lowest BCUT2D eigenvalue weighted by Gasteiger charge is -2.05. The van der Waals surface area contributed by atoms with Crippen LogP contribution in [0.2, 0.25) is 0 Å². The summed E-state index contributed by atoms with van der Waals surface area (Å²) >= 11 is 4.74. The van der Waals surface area contributed by atoms with Gasteiger partial charge in [-0.05, 0) is 12.1 Å². The number of nitrogens with two attached hydrogens (primary N) is 2. The summed E-state index contributed by atoms with van der Waals surface area (Å²) in [5.41, 5.74) is 10.8. The van der Waals surface area contributed by atoms with E-state index in [4.69, 9.17) is 23.7 Å². The predicted molar refractivity (Wildman–Crippen MR) is 66.7 cm³/mol. The van der Waals surface area contributed by atoms with Crippen LogP contribution in [-0.2, 0) is 14.8 Å². The van der Waals surface area contributed by atoms with Gasteiger partial charge in [-0.3, -0.25) is 4.79 Å². The Morgan fingerprint density at radius 3 is 2.18 bits per heavy atom. The van der Waals surface area contributed by atoms with E-state index >= 15 is 0 Å². The van der Waals surface area contributed by atoms with Gasteiger partial charge in [0.05, 0.1) is 11.4 Å². The highest BCUT2D eigenvalue weighted by atomic mass is 32.2. The van der Waals surface area contributed by atoms with Crippen molar-refractivity contribution < 1.29 is 13.2 Å². The molecule has 8 heteroatoms. The highest BCUT2D eigenvalue weighted by Crippen LogP contribution is 2.10. The zero-order valence-corrected chi connectivity index (χ0v) is 10.3. The van der Waals surface area contributed by atoms with Crippen LogP contribution in [0.1, 0.15) is 5.56 Å². The molecule has 0 aliphatic heterocycles. The van der Waals surface area contributed by atoms with Crippen molar-refractivity contribution in [2.75, 3.05) is 6.54 Å². The van der Waals surface area contributed by atoms with Crippen LogP contribution in [0.4, 0.5) is 0 Å². The van der Waals surface area contributed by atoms with Gasteiger partial charge in [0.2, 0.25) is 15.9 Å². The van der Waals surface area contributed by atoms with E-state index in [2.05, 4.69) is 4.72 Å². The first-order valence-electron chi connectivity index (χ1n) is 4.51. The lowest BCUT2D eigenvalue weighted by atomic mass is 10.2. The number of primary amides is 1. The molecule has 1 rings (SSSR count). The number of amides is 1. The summed E-state index contributed by atoms with van der Waals surface area (Å²) in [4.78, 5) is 10.7. The number of hydrogen-bond acceptors (Lipinski definition) is 4. The third-order valence-corrected chi connectivity index (χ3v) is 3.54. The fourth-order valence-corrected chi connectivity index (χ4v) is 2.18. The summed E-state index contributed by atoms with van der Waals surface area (Å²) in [5.74, 6) is -0.756. The zero-order valence-electron chi connectivity index (χ0n) is 8.71. The first-order chi connectivity index (χ1) is 7.83. The van der Waals surface area contributed by atoms with Crippen LogP contribution in [-0.4, -0.2) is 25.9 Å². The first kappa shape index (κ1) is 13.6. The molecule has 6 nitrogen and oxygen atoms in total. The van der Waals surface area contributed by atoms with Crippen molar-refractivity contribution in [2.24, 2.45) is 11.5 Å². The van der Waals surface area contributed by atoms with Gasteiger partial charge in [-0.15, -0.1) is 0 Å². The quantitative estimate of drug-likeness (QED) is 0.600. The predicted octanol–water partition coefficient (Wildman–Crippen LogP) is -0.916. The van der Waals surface area contributed by atoms with Gasteiger partial charge in [-0.1, -0.05) is 24.4 Å². The molecule has 0 heterocycles. The van der Waals surface area contributed by atoms with Gasteiger partial charge in [0, 0.05) is 5.56 Å². The Balaban J connectivity index is 2.92. The molecule has 1 amide bonds. The van der Waals surface area contributed by atoms with Gasteiger partial charge in [0.15, 0.2) is 0 Å². The number of benzene rings is 1. The van der Waals surface area contributed by atoms with E-state index in [0.717, 1.165) is 0 Å². The maximum Gasteiger partial charge on any atom is 0.241 e. The molecule has 92 valence electrons. The maximum atomic E-state index is 11.6. The Hall–Kier alpha value is -1.51. The minimum absolute atomic E-state index is 0.0127. The lowest BCUT2D eigenvalue weighted by Crippen LogP contribution is -2.33. The van der Waals surface area contributed by atoms with Crippen molar-refractivity contribution >= 4 is 33.1 Å². The number of nitrogens with one attached hydrogen (secondary N) is 1. The number of rotatable bonds is 5. The second-order valence-electron chi connectivity index (χ2n) is 3.18. The summed E-state index contributed by atoms with van der Waals surface area (Å²) < 4.78 is 25.3. The largest absolute Gasteiger partial charge is 0.389 e. The molecule has 0 aliphatic carbocycles. The molecule has 17 heavy (non-hydrogen) atoms. The van der Waals surface area contributed by atoms with E-state index in [1.165, 1.54) is 24.3 Å². The molecule has 1 aromatic carbocycles. The second-order valence-corrected chi connectivity index (χ2v) is 5.39. The Kier molecular flexibility index (Phi) is 4.16. The fourth-order valence-electron chi connectivity index (χ4n) is 1.05. The van der Waals surface area contributed by atoms with Crippen molar-refractivity contribution in [2.45, 2.75) is 4.90 Å².